The maximum atomic E-state index is 6.01. The molecule has 20 heavy (non-hydrogen) atoms. The molecule has 0 amide bonds. The minimum Gasteiger partial charge on any atom is -0.497 e. The Kier molecular flexibility index (Phi) is 5.59. The van der Waals surface area contributed by atoms with Gasteiger partial charge in [0.2, 0.25) is 0 Å². The van der Waals surface area contributed by atoms with Gasteiger partial charge in [-0.25, -0.2) is 0 Å². The van der Waals surface area contributed by atoms with Crippen molar-refractivity contribution >= 4 is 11.3 Å². The fourth-order valence-corrected chi connectivity index (χ4v) is 3.10. The number of hydrogen-bond acceptors (Lipinski definition) is 4. The molecule has 0 aliphatic carbocycles. The van der Waals surface area contributed by atoms with Crippen LogP contribution < -0.4 is 10.5 Å². The van der Waals surface area contributed by atoms with Gasteiger partial charge in [0.25, 0.3) is 0 Å². The Labute approximate surface area is 125 Å². The van der Waals surface area contributed by atoms with Crippen LogP contribution in [0.5, 0.6) is 5.75 Å². The average Bonchev–Trinajstić information content (AvgIpc) is 3.00. The van der Waals surface area contributed by atoms with E-state index >= 15 is 0 Å². The van der Waals surface area contributed by atoms with Crippen LogP contribution >= 0.6 is 11.3 Å². The molecular formula is C16H22N2OS. The van der Waals surface area contributed by atoms with Crippen molar-refractivity contribution in [3.63, 3.8) is 0 Å². The van der Waals surface area contributed by atoms with Crippen LogP contribution in [0.25, 0.3) is 0 Å². The van der Waals surface area contributed by atoms with Crippen molar-refractivity contribution in [3.05, 3.63) is 52.2 Å². The van der Waals surface area contributed by atoms with Crippen LogP contribution in [0.2, 0.25) is 0 Å². The highest BCUT2D eigenvalue weighted by Gasteiger charge is 2.18. The molecule has 3 nitrogen and oxygen atoms in total. The zero-order valence-electron chi connectivity index (χ0n) is 12.1. The molecule has 1 aromatic heterocycles. The van der Waals surface area contributed by atoms with Crippen molar-refractivity contribution in [1.29, 1.82) is 0 Å². The third-order valence-corrected chi connectivity index (χ3v) is 4.37. The first kappa shape index (κ1) is 15.0. The number of methoxy groups -OCH3 is 1. The van der Waals surface area contributed by atoms with Crippen LogP contribution in [0.4, 0.5) is 0 Å². The molecule has 0 bridgehead atoms. The van der Waals surface area contributed by atoms with Crippen LogP contribution in [-0.4, -0.2) is 25.1 Å². The topological polar surface area (TPSA) is 38.5 Å². The van der Waals surface area contributed by atoms with E-state index < -0.39 is 0 Å². The normalized spacial score (nSPS) is 12.6. The molecule has 0 fully saturated rings. The molecule has 108 valence electrons. The lowest BCUT2D eigenvalue weighted by Crippen LogP contribution is -2.33. The van der Waals surface area contributed by atoms with Gasteiger partial charge in [0.15, 0.2) is 0 Å². The van der Waals surface area contributed by atoms with E-state index in [0.29, 0.717) is 6.54 Å². The molecule has 1 atom stereocenters. The monoisotopic (exact) mass is 290 g/mol. The van der Waals surface area contributed by atoms with Crippen molar-refractivity contribution in [2.75, 3.05) is 20.2 Å². The van der Waals surface area contributed by atoms with E-state index in [1.54, 1.807) is 18.4 Å². The minimum absolute atomic E-state index is 0.244. The fourth-order valence-electron chi connectivity index (χ4n) is 2.37. The summed E-state index contributed by atoms with van der Waals surface area (Å²) in [4.78, 5) is 3.78. The molecule has 0 aliphatic heterocycles. The van der Waals surface area contributed by atoms with Gasteiger partial charge in [0, 0.05) is 24.0 Å². The Morgan fingerprint density at radius 1 is 1.25 bits per heavy atom. The van der Waals surface area contributed by atoms with Gasteiger partial charge in [-0.15, -0.1) is 11.3 Å². The van der Waals surface area contributed by atoms with Crippen molar-refractivity contribution in [2.45, 2.75) is 19.5 Å². The van der Waals surface area contributed by atoms with Gasteiger partial charge in [-0.3, -0.25) is 4.90 Å². The summed E-state index contributed by atoms with van der Waals surface area (Å²) in [6.07, 6.45) is 0. The Morgan fingerprint density at radius 3 is 2.50 bits per heavy atom. The van der Waals surface area contributed by atoms with Gasteiger partial charge in [0.1, 0.15) is 5.75 Å². The molecule has 0 spiro atoms. The van der Waals surface area contributed by atoms with E-state index in [1.165, 1.54) is 10.4 Å². The summed E-state index contributed by atoms with van der Waals surface area (Å²) in [6, 6.07) is 12.7. The smallest absolute Gasteiger partial charge is 0.118 e. The Hall–Kier alpha value is -1.36. The number of likely N-dealkylation sites (N-methyl/N-ethyl adjacent to an activating group) is 1. The van der Waals surface area contributed by atoms with Crippen LogP contribution in [0.15, 0.2) is 41.8 Å². The molecule has 4 heteroatoms. The van der Waals surface area contributed by atoms with Crippen LogP contribution in [0.3, 0.4) is 0 Å². The van der Waals surface area contributed by atoms with Crippen molar-refractivity contribution in [2.24, 2.45) is 5.73 Å². The lowest BCUT2D eigenvalue weighted by atomic mass is 10.0. The standard InChI is InChI=1S/C16H22N2OS/c1-3-18(12-15-5-4-10-20-15)16(11-17)13-6-8-14(19-2)9-7-13/h4-10,16H,3,11-12,17H2,1-2H3. The maximum Gasteiger partial charge on any atom is 0.118 e. The first-order valence-electron chi connectivity index (χ1n) is 6.89. The van der Waals surface area contributed by atoms with E-state index in [-0.39, 0.29) is 6.04 Å². The number of thiophene rings is 1. The fraction of sp³-hybridized carbons (Fsp3) is 0.375. The highest BCUT2D eigenvalue weighted by atomic mass is 32.1. The molecule has 2 N–H and O–H groups in total. The molecule has 0 radical (unpaired) electrons. The van der Waals surface area contributed by atoms with E-state index in [1.807, 2.05) is 12.1 Å². The quantitative estimate of drug-likeness (QED) is 0.850. The minimum atomic E-state index is 0.244. The SMILES string of the molecule is CCN(Cc1cccs1)C(CN)c1ccc(OC)cc1. The van der Waals surface area contributed by atoms with Crippen LogP contribution in [0.1, 0.15) is 23.4 Å². The predicted molar refractivity (Wildman–Crippen MR) is 85.2 cm³/mol. The van der Waals surface area contributed by atoms with Gasteiger partial charge in [0.05, 0.1) is 7.11 Å². The second-order valence-electron chi connectivity index (χ2n) is 4.67. The summed E-state index contributed by atoms with van der Waals surface area (Å²) in [6.45, 7) is 4.72. The van der Waals surface area contributed by atoms with E-state index in [4.69, 9.17) is 10.5 Å². The lowest BCUT2D eigenvalue weighted by molar-refractivity contribution is 0.205. The summed E-state index contributed by atoms with van der Waals surface area (Å²) in [5.74, 6) is 0.880. The third kappa shape index (κ3) is 3.60. The number of rotatable bonds is 7. The van der Waals surface area contributed by atoms with E-state index in [2.05, 4.69) is 41.5 Å². The summed E-state index contributed by atoms with van der Waals surface area (Å²) in [7, 11) is 1.69. The molecule has 2 aromatic rings. The van der Waals surface area contributed by atoms with Gasteiger partial charge in [-0.2, -0.15) is 0 Å². The molecular weight excluding hydrogens is 268 g/mol. The first-order valence-corrected chi connectivity index (χ1v) is 7.77. The van der Waals surface area contributed by atoms with E-state index in [9.17, 15) is 0 Å². The molecule has 1 heterocycles. The van der Waals surface area contributed by atoms with Crippen molar-refractivity contribution in [1.82, 2.24) is 4.90 Å². The highest BCUT2D eigenvalue weighted by Crippen LogP contribution is 2.25. The summed E-state index contributed by atoms with van der Waals surface area (Å²) < 4.78 is 5.21. The molecule has 1 aromatic carbocycles. The number of nitrogens with zero attached hydrogens (tertiary/aromatic N) is 1. The maximum absolute atomic E-state index is 6.01. The number of nitrogens with two attached hydrogens (primary N) is 1. The zero-order valence-corrected chi connectivity index (χ0v) is 12.9. The second kappa shape index (κ2) is 7.43. The first-order chi connectivity index (χ1) is 9.78. The lowest BCUT2D eigenvalue weighted by Gasteiger charge is -2.30. The number of ether oxygens (including phenoxy) is 1. The molecule has 0 saturated carbocycles. The number of hydrogen-bond donors (Lipinski definition) is 1. The molecule has 0 saturated heterocycles. The van der Waals surface area contributed by atoms with Gasteiger partial charge in [-0.05, 0) is 35.7 Å². The number of benzene rings is 1. The van der Waals surface area contributed by atoms with Gasteiger partial charge >= 0.3 is 0 Å². The molecule has 0 aliphatic rings. The van der Waals surface area contributed by atoms with Crippen molar-refractivity contribution in [3.8, 4) is 5.75 Å². The molecule has 2 rings (SSSR count). The average molecular weight is 290 g/mol. The predicted octanol–water partition coefficient (Wildman–Crippen LogP) is 3.28. The second-order valence-corrected chi connectivity index (χ2v) is 5.70. The van der Waals surface area contributed by atoms with E-state index in [0.717, 1.165) is 18.8 Å². The Morgan fingerprint density at radius 2 is 2.00 bits per heavy atom. The largest absolute Gasteiger partial charge is 0.497 e. The molecule has 1 unspecified atom stereocenters. The van der Waals surface area contributed by atoms with Crippen molar-refractivity contribution < 1.29 is 4.74 Å². The Bertz CT molecular complexity index is 496. The zero-order chi connectivity index (χ0) is 14.4. The highest BCUT2D eigenvalue weighted by molar-refractivity contribution is 7.09. The third-order valence-electron chi connectivity index (χ3n) is 3.51. The van der Waals surface area contributed by atoms with Crippen LogP contribution in [0, 0.1) is 0 Å². The van der Waals surface area contributed by atoms with Gasteiger partial charge in [-0.1, -0.05) is 25.1 Å². The summed E-state index contributed by atoms with van der Waals surface area (Å²) >= 11 is 1.79. The summed E-state index contributed by atoms with van der Waals surface area (Å²) in [5.41, 5.74) is 7.25. The van der Waals surface area contributed by atoms with Gasteiger partial charge < -0.3 is 10.5 Å². The summed E-state index contributed by atoms with van der Waals surface area (Å²) in [5, 5.41) is 2.12. The van der Waals surface area contributed by atoms with Crippen LogP contribution in [-0.2, 0) is 6.54 Å². The Balaban J connectivity index is 2.15.